The van der Waals surface area contributed by atoms with Gasteiger partial charge in [-0.2, -0.15) is 11.3 Å². The fourth-order valence-corrected chi connectivity index (χ4v) is 3.19. The second-order valence-electron chi connectivity index (χ2n) is 3.86. The lowest BCUT2D eigenvalue weighted by Crippen LogP contribution is -2.39. The van der Waals surface area contributed by atoms with Crippen molar-refractivity contribution in [1.29, 1.82) is 0 Å². The molecule has 0 aliphatic carbocycles. The lowest BCUT2D eigenvalue weighted by molar-refractivity contribution is 0.205. The molecule has 4 heteroatoms. The van der Waals surface area contributed by atoms with E-state index in [0.29, 0.717) is 6.04 Å². The van der Waals surface area contributed by atoms with E-state index in [9.17, 15) is 0 Å². The minimum Gasteiger partial charge on any atom is -0.328 e. The van der Waals surface area contributed by atoms with Gasteiger partial charge in [0.2, 0.25) is 0 Å². The number of halogens is 1. The third kappa shape index (κ3) is 2.57. The highest BCUT2D eigenvalue weighted by atomic mass is 79.9. The monoisotopic (exact) mass is 274 g/mol. The minimum absolute atomic E-state index is 0.428. The van der Waals surface area contributed by atoms with Crippen molar-refractivity contribution in [2.75, 3.05) is 13.1 Å². The molecule has 0 saturated carbocycles. The quantitative estimate of drug-likeness (QED) is 0.898. The van der Waals surface area contributed by atoms with E-state index in [0.717, 1.165) is 32.5 Å². The number of hydrogen-bond donors (Lipinski definition) is 1. The average Bonchev–Trinajstić information content (AvgIpc) is 2.56. The Hall–Kier alpha value is 0.100. The summed E-state index contributed by atoms with van der Waals surface area (Å²) < 4.78 is 1.25. The highest BCUT2D eigenvalue weighted by molar-refractivity contribution is 9.10. The molecule has 1 aliphatic heterocycles. The summed E-state index contributed by atoms with van der Waals surface area (Å²) >= 11 is 5.32. The van der Waals surface area contributed by atoms with Crippen LogP contribution in [-0.4, -0.2) is 24.0 Å². The van der Waals surface area contributed by atoms with Gasteiger partial charge in [0.1, 0.15) is 0 Å². The molecule has 2 heterocycles. The normalized spacial score (nSPS) is 20.1. The number of nitrogens with zero attached hydrogens (tertiary/aromatic N) is 1. The maximum atomic E-state index is 5.87. The molecule has 0 radical (unpaired) electrons. The summed E-state index contributed by atoms with van der Waals surface area (Å²) in [4.78, 5) is 2.48. The van der Waals surface area contributed by atoms with Gasteiger partial charge < -0.3 is 5.73 Å². The second-order valence-corrected chi connectivity index (χ2v) is 5.46. The van der Waals surface area contributed by atoms with Crippen molar-refractivity contribution in [3.05, 3.63) is 20.8 Å². The van der Waals surface area contributed by atoms with Crippen LogP contribution in [0.1, 0.15) is 18.4 Å². The summed E-state index contributed by atoms with van der Waals surface area (Å²) in [5.41, 5.74) is 7.27. The van der Waals surface area contributed by atoms with E-state index in [1.54, 1.807) is 11.3 Å². The summed E-state index contributed by atoms with van der Waals surface area (Å²) in [7, 11) is 0. The van der Waals surface area contributed by atoms with Crippen molar-refractivity contribution in [1.82, 2.24) is 4.90 Å². The largest absolute Gasteiger partial charge is 0.328 e. The molecule has 0 bridgehead atoms. The highest BCUT2D eigenvalue weighted by Gasteiger charge is 2.16. The third-order valence-corrected chi connectivity index (χ3v) is 4.55. The Morgan fingerprint density at radius 2 is 2.14 bits per heavy atom. The molecule has 0 amide bonds. The highest BCUT2D eigenvalue weighted by Crippen LogP contribution is 2.23. The van der Waals surface area contributed by atoms with Gasteiger partial charge in [0.05, 0.1) is 0 Å². The fourth-order valence-electron chi connectivity index (χ4n) is 1.77. The maximum absolute atomic E-state index is 5.87. The van der Waals surface area contributed by atoms with Crippen molar-refractivity contribution < 1.29 is 0 Å². The zero-order valence-electron chi connectivity index (χ0n) is 8.08. The molecule has 0 aromatic carbocycles. The molecule has 2 rings (SSSR count). The Morgan fingerprint density at radius 1 is 1.43 bits per heavy atom. The number of likely N-dealkylation sites (tertiary alicyclic amines) is 1. The summed E-state index contributed by atoms with van der Waals surface area (Å²) in [6, 6.07) is 0.428. The van der Waals surface area contributed by atoms with Crippen LogP contribution in [0.2, 0.25) is 0 Å². The van der Waals surface area contributed by atoms with Crippen molar-refractivity contribution in [2.45, 2.75) is 25.4 Å². The number of thiophene rings is 1. The molecule has 1 fully saturated rings. The topological polar surface area (TPSA) is 29.3 Å². The van der Waals surface area contributed by atoms with E-state index < -0.39 is 0 Å². The van der Waals surface area contributed by atoms with Crippen molar-refractivity contribution >= 4 is 27.3 Å². The smallest absolute Gasteiger partial charge is 0.0327 e. The molecule has 14 heavy (non-hydrogen) atoms. The third-order valence-electron chi connectivity index (χ3n) is 2.71. The molecule has 2 N–H and O–H groups in total. The van der Waals surface area contributed by atoms with Crippen LogP contribution in [0.5, 0.6) is 0 Å². The first kappa shape index (κ1) is 10.6. The summed E-state index contributed by atoms with van der Waals surface area (Å²) in [6.45, 7) is 3.35. The summed E-state index contributed by atoms with van der Waals surface area (Å²) in [5.74, 6) is 0. The van der Waals surface area contributed by atoms with Gasteiger partial charge in [0, 0.05) is 22.4 Å². The Balaban J connectivity index is 1.89. The molecule has 1 aromatic rings. The van der Waals surface area contributed by atoms with Gasteiger partial charge in [-0.15, -0.1) is 0 Å². The average molecular weight is 275 g/mol. The van der Waals surface area contributed by atoms with Crippen LogP contribution in [0.3, 0.4) is 0 Å². The predicted octanol–water partition coefficient (Wildman–Crippen LogP) is 2.43. The molecule has 0 atom stereocenters. The van der Waals surface area contributed by atoms with Crippen LogP contribution < -0.4 is 5.73 Å². The van der Waals surface area contributed by atoms with Crippen molar-refractivity contribution in [2.24, 2.45) is 5.73 Å². The van der Waals surface area contributed by atoms with Crippen LogP contribution in [0.25, 0.3) is 0 Å². The molecule has 0 unspecified atom stereocenters. The standard InChI is InChI=1S/C10H15BrN2S/c11-10-7-14-6-8(10)5-13-3-1-9(12)2-4-13/h6-7,9H,1-5,12H2. The number of nitrogens with two attached hydrogens (primary N) is 1. The SMILES string of the molecule is NC1CCN(Cc2cscc2Br)CC1. The summed E-state index contributed by atoms with van der Waals surface area (Å²) in [6.07, 6.45) is 2.28. The zero-order chi connectivity index (χ0) is 9.97. The molecule has 1 saturated heterocycles. The van der Waals surface area contributed by atoms with Crippen molar-refractivity contribution in [3.8, 4) is 0 Å². The minimum atomic E-state index is 0.428. The van der Waals surface area contributed by atoms with Gasteiger partial charge in [-0.25, -0.2) is 0 Å². The Morgan fingerprint density at radius 3 is 2.71 bits per heavy atom. The molecular formula is C10H15BrN2S. The van der Waals surface area contributed by atoms with E-state index in [2.05, 4.69) is 31.6 Å². The van der Waals surface area contributed by atoms with E-state index in [1.807, 2.05) is 0 Å². The number of piperidine rings is 1. The molecular weight excluding hydrogens is 260 g/mol. The lowest BCUT2D eigenvalue weighted by Gasteiger charge is -2.29. The van der Waals surface area contributed by atoms with Gasteiger partial charge in [-0.05, 0) is 52.8 Å². The van der Waals surface area contributed by atoms with Gasteiger partial charge in [0.25, 0.3) is 0 Å². The first-order chi connectivity index (χ1) is 6.75. The fraction of sp³-hybridized carbons (Fsp3) is 0.600. The Labute approximate surface area is 97.2 Å². The Kier molecular flexibility index (Phi) is 3.60. The van der Waals surface area contributed by atoms with Crippen LogP contribution in [-0.2, 0) is 6.54 Å². The zero-order valence-corrected chi connectivity index (χ0v) is 10.5. The van der Waals surface area contributed by atoms with E-state index >= 15 is 0 Å². The van der Waals surface area contributed by atoms with Gasteiger partial charge in [-0.1, -0.05) is 0 Å². The van der Waals surface area contributed by atoms with Gasteiger partial charge in [0.15, 0.2) is 0 Å². The number of rotatable bonds is 2. The number of hydrogen-bond acceptors (Lipinski definition) is 3. The molecule has 1 aliphatic rings. The van der Waals surface area contributed by atoms with Crippen LogP contribution >= 0.6 is 27.3 Å². The van der Waals surface area contributed by atoms with Crippen molar-refractivity contribution in [3.63, 3.8) is 0 Å². The van der Waals surface area contributed by atoms with E-state index in [-0.39, 0.29) is 0 Å². The van der Waals surface area contributed by atoms with Gasteiger partial charge >= 0.3 is 0 Å². The summed E-state index contributed by atoms with van der Waals surface area (Å²) in [5, 5.41) is 4.36. The lowest BCUT2D eigenvalue weighted by atomic mass is 10.1. The van der Waals surface area contributed by atoms with Crippen LogP contribution in [0.4, 0.5) is 0 Å². The Bertz CT molecular complexity index is 292. The van der Waals surface area contributed by atoms with Crippen LogP contribution in [0, 0.1) is 0 Å². The van der Waals surface area contributed by atoms with Gasteiger partial charge in [-0.3, -0.25) is 4.90 Å². The maximum Gasteiger partial charge on any atom is 0.0327 e. The first-order valence-electron chi connectivity index (χ1n) is 4.94. The predicted molar refractivity (Wildman–Crippen MR) is 64.5 cm³/mol. The second kappa shape index (κ2) is 4.75. The molecule has 0 spiro atoms. The molecule has 1 aromatic heterocycles. The van der Waals surface area contributed by atoms with E-state index in [1.165, 1.54) is 10.0 Å². The molecule has 2 nitrogen and oxygen atoms in total. The van der Waals surface area contributed by atoms with E-state index in [4.69, 9.17) is 5.73 Å². The first-order valence-corrected chi connectivity index (χ1v) is 6.68. The molecule has 78 valence electrons. The van der Waals surface area contributed by atoms with Crippen LogP contribution in [0.15, 0.2) is 15.2 Å².